The quantitative estimate of drug-likeness (QED) is 0.653. The summed E-state index contributed by atoms with van der Waals surface area (Å²) < 4.78 is 5.84. The molecule has 0 saturated heterocycles. The van der Waals surface area contributed by atoms with Gasteiger partial charge in [0.05, 0.1) is 6.61 Å². The van der Waals surface area contributed by atoms with E-state index in [0.29, 0.717) is 16.7 Å². The van der Waals surface area contributed by atoms with Gasteiger partial charge in [-0.1, -0.05) is 57.9 Å². The third kappa shape index (κ3) is 2.49. The van der Waals surface area contributed by atoms with Gasteiger partial charge in [-0.25, -0.2) is 0 Å². The summed E-state index contributed by atoms with van der Waals surface area (Å²) in [7, 11) is 0. The number of rotatable bonds is 3. The zero-order valence-electron chi connectivity index (χ0n) is 11.6. The number of ether oxygens (including phenoxy) is 1. The van der Waals surface area contributed by atoms with Crippen molar-refractivity contribution in [2.75, 3.05) is 6.61 Å². The van der Waals surface area contributed by atoms with E-state index in [-0.39, 0.29) is 0 Å². The van der Waals surface area contributed by atoms with E-state index in [1.807, 2.05) is 6.07 Å². The van der Waals surface area contributed by atoms with Crippen molar-refractivity contribution in [1.29, 1.82) is 0 Å². The van der Waals surface area contributed by atoms with Crippen molar-refractivity contribution >= 4 is 27.5 Å². The van der Waals surface area contributed by atoms with Gasteiger partial charge in [0.1, 0.15) is 5.75 Å². The molecule has 1 heterocycles. The molecular weight excluding hydrogens is 348 g/mol. The molecule has 2 aromatic carbocycles. The highest BCUT2D eigenvalue weighted by atomic mass is 79.9. The Balaban J connectivity index is 1.61. The van der Waals surface area contributed by atoms with Crippen molar-refractivity contribution in [1.82, 2.24) is 0 Å². The van der Waals surface area contributed by atoms with E-state index in [1.165, 1.54) is 23.1 Å². The second-order valence-electron chi connectivity index (χ2n) is 5.90. The number of fused-ring (bicyclic) bond motifs is 1. The van der Waals surface area contributed by atoms with Crippen molar-refractivity contribution in [3.63, 3.8) is 0 Å². The third-order valence-electron chi connectivity index (χ3n) is 4.52. The fourth-order valence-corrected chi connectivity index (χ4v) is 4.53. The van der Waals surface area contributed by atoms with E-state index < -0.39 is 0 Å². The van der Waals surface area contributed by atoms with E-state index in [2.05, 4.69) is 52.3 Å². The van der Waals surface area contributed by atoms with Crippen LogP contribution in [0.3, 0.4) is 0 Å². The van der Waals surface area contributed by atoms with Gasteiger partial charge in [-0.3, -0.25) is 0 Å². The van der Waals surface area contributed by atoms with Crippen LogP contribution in [0.5, 0.6) is 5.75 Å². The van der Waals surface area contributed by atoms with E-state index in [4.69, 9.17) is 16.3 Å². The van der Waals surface area contributed by atoms with Crippen LogP contribution in [0.1, 0.15) is 33.9 Å². The first-order valence-corrected chi connectivity index (χ1v) is 8.67. The molecule has 108 valence electrons. The van der Waals surface area contributed by atoms with Gasteiger partial charge >= 0.3 is 0 Å². The number of benzene rings is 2. The fourth-order valence-electron chi connectivity index (χ4n) is 3.36. The minimum absolute atomic E-state index is 0.313. The maximum Gasteiger partial charge on any atom is 0.127 e. The van der Waals surface area contributed by atoms with Gasteiger partial charge in [0.25, 0.3) is 0 Å². The van der Waals surface area contributed by atoms with Crippen LogP contribution in [0, 0.1) is 5.92 Å². The second-order valence-corrected chi connectivity index (χ2v) is 7.32. The lowest BCUT2D eigenvalue weighted by Gasteiger charge is -2.15. The molecule has 0 bridgehead atoms. The Morgan fingerprint density at radius 2 is 2.00 bits per heavy atom. The summed E-state index contributed by atoms with van der Waals surface area (Å²) in [6, 6.07) is 14.9. The molecule has 2 aliphatic rings. The molecule has 1 saturated carbocycles. The average Bonchev–Trinajstić information content (AvgIpc) is 3.17. The van der Waals surface area contributed by atoms with Gasteiger partial charge in [-0.05, 0) is 41.5 Å². The highest BCUT2D eigenvalue weighted by Crippen LogP contribution is 2.59. The molecule has 0 N–H and O–H groups in total. The molecule has 3 heteroatoms. The lowest BCUT2D eigenvalue weighted by Crippen LogP contribution is -1.98. The predicted molar refractivity (Wildman–Crippen MR) is 89.6 cm³/mol. The summed E-state index contributed by atoms with van der Waals surface area (Å²) in [5.41, 5.74) is 3.91. The summed E-state index contributed by atoms with van der Waals surface area (Å²) in [6.07, 6.45) is 2.19. The molecule has 0 spiro atoms. The molecule has 1 nitrogen and oxygen atoms in total. The van der Waals surface area contributed by atoms with Gasteiger partial charge in [0.2, 0.25) is 0 Å². The molecule has 3 atom stereocenters. The summed E-state index contributed by atoms with van der Waals surface area (Å²) in [5.74, 6) is 2.32. The molecular formula is C18H16BrClO. The Morgan fingerprint density at radius 1 is 1.19 bits per heavy atom. The van der Waals surface area contributed by atoms with Crippen LogP contribution in [-0.2, 0) is 6.42 Å². The lowest BCUT2D eigenvalue weighted by atomic mass is 10.0. The first-order chi connectivity index (χ1) is 10.2. The van der Waals surface area contributed by atoms with Crippen LogP contribution in [0.2, 0.25) is 5.02 Å². The molecule has 2 aromatic rings. The SMILES string of the molecule is Clc1cc2c(c(C(Br)C3CC3c3ccccc3)c1)OCC2. The molecule has 3 unspecified atom stereocenters. The third-order valence-corrected chi connectivity index (χ3v) is 5.91. The minimum atomic E-state index is 0.313. The smallest absolute Gasteiger partial charge is 0.127 e. The van der Waals surface area contributed by atoms with Crippen LogP contribution < -0.4 is 4.74 Å². The van der Waals surface area contributed by atoms with Crippen LogP contribution in [-0.4, -0.2) is 6.61 Å². The molecule has 1 aliphatic carbocycles. The van der Waals surface area contributed by atoms with Crippen LogP contribution in [0.15, 0.2) is 42.5 Å². The molecule has 1 fully saturated rings. The summed E-state index contributed by atoms with van der Waals surface area (Å²) in [5, 5.41) is 0.815. The zero-order valence-corrected chi connectivity index (χ0v) is 13.9. The highest BCUT2D eigenvalue weighted by molar-refractivity contribution is 9.09. The van der Waals surface area contributed by atoms with Crippen molar-refractivity contribution in [3.05, 3.63) is 64.2 Å². The average molecular weight is 364 g/mol. The standard InChI is InChI=1S/C18H16BrClO/c19-17(15-10-14(15)11-4-2-1-3-5-11)16-9-13(20)8-12-6-7-21-18(12)16/h1-5,8-9,14-15,17H,6-7,10H2. The van der Waals surface area contributed by atoms with Crippen LogP contribution >= 0.6 is 27.5 Å². The molecule has 21 heavy (non-hydrogen) atoms. The topological polar surface area (TPSA) is 9.23 Å². The normalized spacial score (nSPS) is 24.3. The first-order valence-electron chi connectivity index (χ1n) is 7.38. The Hall–Kier alpha value is -0.990. The predicted octanol–water partition coefficient (Wildman–Crippen LogP) is 5.51. The lowest BCUT2D eigenvalue weighted by molar-refractivity contribution is 0.352. The van der Waals surface area contributed by atoms with Gasteiger partial charge in [-0.15, -0.1) is 0 Å². The number of hydrogen-bond donors (Lipinski definition) is 0. The fraction of sp³-hybridized carbons (Fsp3) is 0.333. The monoisotopic (exact) mass is 362 g/mol. The Morgan fingerprint density at radius 3 is 2.81 bits per heavy atom. The molecule has 0 aromatic heterocycles. The van der Waals surface area contributed by atoms with Crippen LogP contribution in [0.25, 0.3) is 0 Å². The van der Waals surface area contributed by atoms with E-state index in [0.717, 1.165) is 23.8 Å². The number of hydrogen-bond acceptors (Lipinski definition) is 1. The second kappa shape index (κ2) is 5.33. The van der Waals surface area contributed by atoms with Gasteiger partial charge in [0, 0.05) is 21.8 Å². The van der Waals surface area contributed by atoms with E-state index in [1.54, 1.807) is 0 Å². The van der Waals surface area contributed by atoms with Gasteiger partial charge < -0.3 is 4.74 Å². The summed E-state index contributed by atoms with van der Waals surface area (Å²) in [4.78, 5) is 0.313. The molecule has 4 rings (SSSR count). The Kier molecular flexibility index (Phi) is 3.47. The van der Waals surface area contributed by atoms with Crippen molar-refractivity contribution in [2.45, 2.75) is 23.6 Å². The number of halogens is 2. The molecule has 1 aliphatic heterocycles. The van der Waals surface area contributed by atoms with Crippen molar-refractivity contribution in [2.24, 2.45) is 5.92 Å². The van der Waals surface area contributed by atoms with Crippen molar-refractivity contribution in [3.8, 4) is 5.75 Å². The van der Waals surface area contributed by atoms with Gasteiger partial charge in [-0.2, -0.15) is 0 Å². The molecule has 0 radical (unpaired) electrons. The first kappa shape index (κ1) is 13.7. The molecule has 0 amide bonds. The van der Waals surface area contributed by atoms with Gasteiger partial charge in [0.15, 0.2) is 0 Å². The van der Waals surface area contributed by atoms with Crippen molar-refractivity contribution < 1.29 is 4.74 Å². The van der Waals surface area contributed by atoms with E-state index in [9.17, 15) is 0 Å². The largest absolute Gasteiger partial charge is 0.493 e. The van der Waals surface area contributed by atoms with Crippen LogP contribution in [0.4, 0.5) is 0 Å². The summed E-state index contributed by atoms with van der Waals surface area (Å²) >= 11 is 10.2. The maximum atomic E-state index is 6.27. The minimum Gasteiger partial charge on any atom is -0.493 e. The Bertz CT molecular complexity index is 670. The zero-order chi connectivity index (χ0) is 14.4. The van der Waals surface area contributed by atoms with E-state index >= 15 is 0 Å². The number of alkyl halides is 1. The summed E-state index contributed by atoms with van der Waals surface area (Å²) in [6.45, 7) is 0.773. The Labute approximate surface area is 138 Å². The highest BCUT2D eigenvalue weighted by Gasteiger charge is 2.44. The maximum absolute atomic E-state index is 6.27.